The third-order valence-corrected chi connectivity index (χ3v) is 6.98. The van der Waals surface area contributed by atoms with E-state index in [4.69, 9.17) is 4.74 Å². The molecule has 0 heterocycles. The quantitative estimate of drug-likeness (QED) is 0.208. The fourth-order valence-electron chi connectivity index (χ4n) is 4.55. The van der Waals surface area contributed by atoms with Crippen LogP contribution in [0.5, 0.6) is 0 Å². The van der Waals surface area contributed by atoms with Crippen molar-refractivity contribution in [3.63, 3.8) is 0 Å². The molecule has 0 spiro atoms. The van der Waals surface area contributed by atoms with E-state index in [0.717, 1.165) is 68.9 Å². The van der Waals surface area contributed by atoms with Gasteiger partial charge in [-0.2, -0.15) is 0 Å². The summed E-state index contributed by atoms with van der Waals surface area (Å²) >= 11 is 0. The van der Waals surface area contributed by atoms with Gasteiger partial charge in [0.05, 0.1) is 11.5 Å². The first-order chi connectivity index (χ1) is 16.3. The van der Waals surface area contributed by atoms with Gasteiger partial charge in [-0.05, 0) is 57.1 Å². The maximum Gasteiger partial charge on any atom is 0.313 e. The van der Waals surface area contributed by atoms with Crippen molar-refractivity contribution in [2.75, 3.05) is 0 Å². The highest BCUT2D eigenvalue weighted by atomic mass is 16.5. The summed E-state index contributed by atoms with van der Waals surface area (Å²) in [6.45, 7) is 4.26. The van der Waals surface area contributed by atoms with E-state index in [9.17, 15) is 19.8 Å². The highest BCUT2D eigenvalue weighted by Gasteiger charge is 2.34. The third kappa shape index (κ3) is 8.28. The molecule has 0 amide bonds. The lowest BCUT2D eigenvalue weighted by molar-refractivity contribution is -0.144. The first-order valence-electron chi connectivity index (χ1n) is 12.5. The number of hydrogen-bond donors (Lipinski definition) is 2. The van der Waals surface area contributed by atoms with Crippen molar-refractivity contribution in [1.29, 1.82) is 0 Å². The smallest absolute Gasteiger partial charge is 0.313 e. The number of rotatable bonds is 17. The minimum Gasteiger partial charge on any atom is -0.481 e. The monoisotopic (exact) mass is 468 g/mol. The van der Waals surface area contributed by atoms with Gasteiger partial charge in [-0.25, -0.2) is 0 Å². The Morgan fingerprint density at radius 2 is 1.32 bits per heavy atom. The summed E-state index contributed by atoms with van der Waals surface area (Å²) in [5.41, 5.74) is 0.339. The highest BCUT2D eigenvalue weighted by molar-refractivity contribution is 5.80. The van der Waals surface area contributed by atoms with E-state index in [0.29, 0.717) is 12.9 Å². The zero-order valence-corrected chi connectivity index (χ0v) is 20.6. The van der Waals surface area contributed by atoms with E-state index < -0.39 is 17.0 Å². The van der Waals surface area contributed by atoms with Crippen LogP contribution in [0.1, 0.15) is 89.2 Å². The number of unbranched alkanes of at least 4 members (excludes halogenated alkanes) is 4. The molecule has 0 saturated carbocycles. The first-order valence-corrected chi connectivity index (χ1v) is 12.5. The molecule has 3 atom stereocenters. The van der Waals surface area contributed by atoms with E-state index in [1.54, 1.807) is 6.92 Å². The van der Waals surface area contributed by atoms with Gasteiger partial charge < -0.3 is 14.9 Å². The summed E-state index contributed by atoms with van der Waals surface area (Å²) in [6.07, 6.45) is 7.94. The number of carboxylic acid groups (broad SMARTS) is 1. The standard InChI is InChI=1S/C29H40O5/c1-28(27(32)33,24-15-7-3-8-16-24)21-13-5-11-19-26(31)20-12-6-14-22-29(2,34-23-30)25-17-9-4-10-18-25/h3-4,7-10,15-18,23,26,31H,5-6,11-14,19-22H2,1-2H3,(H,32,33). The molecule has 0 radical (unpaired) electrons. The minimum absolute atomic E-state index is 0.327. The third-order valence-electron chi connectivity index (χ3n) is 6.98. The van der Waals surface area contributed by atoms with Gasteiger partial charge in [0, 0.05) is 0 Å². The number of carboxylic acids is 1. The molecule has 0 aliphatic heterocycles. The summed E-state index contributed by atoms with van der Waals surface area (Å²) < 4.78 is 5.42. The molecule has 0 fully saturated rings. The maximum atomic E-state index is 11.9. The van der Waals surface area contributed by atoms with Crippen LogP contribution in [0.25, 0.3) is 0 Å². The Labute approximate surface area is 204 Å². The molecule has 2 N–H and O–H groups in total. The summed E-state index contributed by atoms with van der Waals surface area (Å²) in [6, 6.07) is 19.2. The number of hydrogen-bond acceptors (Lipinski definition) is 4. The lowest BCUT2D eigenvalue weighted by atomic mass is 9.78. The van der Waals surface area contributed by atoms with Gasteiger partial charge >= 0.3 is 5.97 Å². The van der Waals surface area contributed by atoms with E-state index in [1.807, 2.05) is 67.6 Å². The van der Waals surface area contributed by atoms with Gasteiger partial charge in [-0.1, -0.05) is 92.8 Å². The largest absolute Gasteiger partial charge is 0.481 e. The summed E-state index contributed by atoms with van der Waals surface area (Å²) in [5.74, 6) is -0.791. The van der Waals surface area contributed by atoms with Crippen LogP contribution in [0, 0.1) is 0 Å². The van der Waals surface area contributed by atoms with E-state index in [1.165, 1.54) is 0 Å². The van der Waals surface area contributed by atoms with Crippen LogP contribution in [-0.2, 0) is 25.3 Å². The van der Waals surface area contributed by atoms with Gasteiger partial charge in [0.15, 0.2) is 0 Å². The second kappa shape index (κ2) is 13.9. The van der Waals surface area contributed by atoms with Crippen LogP contribution in [0.15, 0.2) is 60.7 Å². The van der Waals surface area contributed by atoms with Gasteiger partial charge in [0.25, 0.3) is 6.47 Å². The lowest BCUT2D eigenvalue weighted by Gasteiger charge is -2.28. The molecule has 0 aliphatic rings. The van der Waals surface area contributed by atoms with Crippen molar-refractivity contribution in [2.24, 2.45) is 0 Å². The van der Waals surface area contributed by atoms with Crippen molar-refractivity contribution < 1.29 is 24.5 Å². The lowest BCUT2D eigenvalue weighted by Crippen LogP contribution is -2.32. The molecule has 5 heteroatoms. The molecule has 0 aromatic heterocycles. The Kier molecular flexibility index (Phi) is 11.3. The average molecular weight is 469 g/mol. The molecule has 0 saturated heterocycles. The fourth-order valence-corrected chi connectivity index (χ4v) is 4.55. The molecule has 5 nitrogen and oxygen atoms in total. The van der Waals surface area contributed by atoms with Crippen LogP contribution in [-0.4, -0.2) is 28.8 Å². The normalized spacial score (nSPS) is 15.6. The maximum absolute atomic E-state index is 11.9. The molecular weight excluding hydrogens is 428 g/mol. The SMILES string of the molecule is CC(CCCCCC(O)CCCCCC(C)(C(=O)O)c1ccccc1)(OC=O)c1ccccc1. The predicted octanol–water partition coefficient (Wildman–Crippen LogP) is 6.38. The molecule has 0 bridgehead atoms. The topological polar surface area (TPSA) is 83.8 Å². The Balaban J connectivity index is 1.63. The summed E-state index contributed by atoms with van der Waals surface area (Å²) in [4.78, 5) is 22.9. The molecule has 2 aromatic rings. The molecule has 3 unspecified atom stereocenters. The Morgan fingerprint density at radius 3 is 1.82 bits per heavy atom. The number of aliphatic carboxylic acids is 1. The second-order valence-electron chi connectivity index (χ2n) is 9.67. The fraction of sp³-hybridized carbons (Fsp3) is 0.517. The Hall–Kier alpha value is -2.66. The Morgan fingerprint density at radius 1 is 0.824 bits per heavy atom. The van der Waals surface area contributed by atoms with Gasteiger partial charge in [0.2, 0.25) is 0 Å². The van der Waals surface area contributed by atoms with E-state index in [-0.39, 0.29) is 6.10 Å². The van der Waals surface area contributed by atoms with Gasteiger partial charge in [0.1, 0.15) is 5.60 Å². The number of aliphatic hydroxyl groups excluding tert-OH is 1. The van der Waals surface area contributed by atoms with Crippen molar-refractivity contribution in [3.05, 3.63) is 71.8 Å². The van der Waals surface area contributed by atoms with Crippen LogP contribution in [0.4, 0.5) is 0 Å². The number of benzene rings is 2. The molecule has 34 heavy (non-hydrogen) atoms. The predicted molar refractivity (Wildman–Crippen MR) is 135 cm³/mol. The van der Waals surface area contributed by atoms with Crippen molar-refractivity contribution >= 4 is 12.4 Å². The zero-order chi connectivity index (χ0) is 24.9. The number of carbonyl (C=O) groups excluding carboxylic acids is 1. The average Bonchev–Trinajstić information content (AvgIpc) is 2.84. The molecule has 186 valence electrons. The summed E-state index contributed by atoms with van der Waals surface area (Å²) in [5, 5.41) is 20.1. The van der Waals surface area contributed by atoms with E-state index >= 15 is 0 Å². The molecule has 2 aromatic carbocycles. The minimum atomic E-state index is -0.873. The van der Waals surface area contributed by atoms with Crippen molar-refractivity contribution in [2.45, 2.75) is 95.2 Å². The number of ether oxygens (including phenoxy) is 1. The number of aliphatic hydroxyl groups is 1. The van der Waals surface area contributed by atoms with Gasteiger partial charge in [-0.15, -0.1) is 0 Å². The van der Waals surface area contributed by atoms with Gasteiger partial charge in [-0.3, -0.25) is 9.59 Å². The van der Waals surface area contributed by atoms with Crippen LogP contribution in [0.2, 0.25) is 0 Å². The second-order valence-corrected chi connectivity index (χ2v) is 9.67. The number of carbonyl (C=O) groups is 2. The molecular formula is C29H40O5. The highest BCUT2D eigenvalue weighted by Crippen LogP contribution is 2.32. The zero-order valence-electron chi connectivity index (χ0n) is 20.6. The van der Waals surface area contributed by atoms with Crippen molar-refractivity contribution in [3.8, 4) is 0 Å². The van der Waals surface area contributed by atoms with Crippen LogP contribution < -0.4 is 0 Å². The van der Waals surface area contributed by atoms with Crippen LogP contribution >= 0.6 is 0 Å². The molecule has 0 aliphatic carbocycles. The summed E-state index contributed by atoms with van der Waals surface area (Å²) in [7, 11) is 0. The Bertz CT molecular complexity index is 853. The van der Waals surface area contributed by atoms with E-state index in [2.05, 4.69) is 0 Å². The molecule has 2 rings (SSSR count). The first kappa shape index (κ1) is 27.6. The van der Waals surface area contributed by atoms with Crippen LogP contribution in [0.3, 0.4) is 0 Å². The van der Waals surface area contributed by atoms with Crippen molar-refractivity contribution in [1.82, 2.24) is 0 Å².